The second kappa shape index (κ2) is 6.65. The zero-order chi connectivity index (χ0) is 15.0. The van der Waals surface area contributed by atoms with Gasteiger partial charge >= 0.3 is 0 Å². The van der Waals surface area contributed by atoms with Gasteiger partial charge in [-0.2, -0.15) is 0 Å². The fourth-order valence-corrected chi connectivity index (χ4v) is 4.03. The van der Waals surface area contributed by atoms with Crippen LogP contribution in [0.1, 0.15) is 32.1 Å². The summed E-state index contributed by atoms with van der Waals surface area (Å²) in [7, 11) is 0. The molecule has 23 heavy (non-hydrogen) atoms. The number of anilines is 2. The molecule has 3 fully saturated rings. The van der Waals surface area contributed by atoms with Crippen LogP contribution in [-0.4, -0.2) is 37.1 Å². The van der Waals surface area contributed by atoms with E-state index in [-0.39, 0.29) is 29.6 Å². The normalized spacial score (nSPS) is 25.0. The van der Waals surface area contributed by atoms with Gasteiger partial charge in [-0.3, -0.25) is 4.79 Å². The predicted molar refractivity (Wildman–Crippen MR) is 94.2 cm³/mol. The SMILES string of the molecule is Cl.O=C(Nc1ccc(N2CCCC2)cn1)C1CC12CCNCC2. The lowest BCUT2D eigenvalue weighted by Crippen LogP contribution is -2.31. The average molecular weight is 337 g/mol. The number of amides is 1. The quantitative estimate of drug-likeness (QED) is 0.890. The molecule has 1 spiro atoms. The number of rotatable bonds is 3. The van der Waals surface area contributed by atoms with Crippen LogP contribution in [0.2, 0.25) is 0 Å². The Bertz CT molecular complexity index is 550. The van der Waals surface area contributed by atoms with E-state index in [1.165, 1.54) is 12.8 Å². The molecule has 2 aliphatic heterocycles. The molecule has 1 atom stereocenters. The summed E-state index contributed by atoms with van der Waals surface area (Å²) in [5, 5.41) is 6.38. The molecular formula is C17H25ClN4O. The van der Waals surface area contributed by atoms with Crippen molar-refractivity contribution in [1.29, 1.82) is 0 Å². The van der Waals surface area contributed by atoms with Crippen LogP contribution in [0.5, 0.6) is 0 Å². The van der Waals surface area contributed by atoms with E-state index >= 15 is 0 Å². The minimum atomic E-state index is 0. The average Bonchev–Trinajstić information content (AvgIpc) is 3.00. The zero-order valence-electron chi connectivity index (χ0n) is 13.4. The summed E-state index contributed by atoms with van der Waals surface area (Å²) in [6.45, 7) is 4.33. The van der Waals surface area contributed by atoms with Crippen LogP contribution < -0.4 is 15.5 Å². The lowest BCUT2D eigenvalue weighted by Gasteiger charge is -2.23. The van der Waals surface area contributed by atoms with Crippen molar-refractivity contribution in [3.8, 4) is 0 Å². The Balaban J connectivity index is 0.00000156. The highest BCUT2D eigenvalue weighted by molar-refractivity contribution is 5.94. The van der Waals surface area contributed by atoms with E-state index in [2.05, 4.69) is 26.6 Å². The molecule has 1 aliphatic carbocycles. The molecule has 0 radical (unpaired) electrons. The third-order valence-corrected chi connectivity index (χ3v) is 5.58. The van der Waals surface area contributed by atoms with Gasteiger partial charge in [0.2, 0.25) is 5.91 Å². The number of hydrogen-bond acceptors (Lipinski definition) is 4. The molecule has 1 aromatic heterocycles. The van der Waals surface area contributed by atoms with E-state index < -0.39 is 0 Å². The molecule has 1 saturated carbocycles. The first-order valence-electron chi connectivity index (χ1n) is 8.49. The van der Waals surface area contributed by atoms with Crippen LogP contribution in [0, 0.1) is 11.3 Å². The summed E-state index contributed by atoms with van der Waals surface area (Å²) >= 11 is 0. The Morgan fingerprint density at radius 2 is 2.00 bits per heavy atom. The summed E-state index contributed by atoms with van der Waals surface area (Å²) < 4.78 is 0. The van der Waals surface area contributed by atoms with E-state index in [0.29, 0.717) is 5.82 Å². The molecule has 3 aliphatic rings. The van der Waals surface area contributed by atoms with Crippen molar-refractivity contribution in [3.63, 3.8) is 0 Å². The summed E-state index contributed by atoms with van der Waals surface area (Å²) in [5.41, 5.74) is 1.45. The second-order valence-electron chi connectivity index (χ2n) is 6.95. The van der Waals surface area contributed by atoms with E-state index in [1.54, 1.807) is 0 Å². The second-order valence-corrected chi connectivity index (χ2v) is 6.95. The van der Waals surface area contributed by atoms with Gasteiger partial charge in [0.15, 0.2) is 0 Å². The topological polar surface area (TPSA) is 57.3 Å². The highest BCUT2D eigenvalue weighted by Gasteiger charge is 2.57. The fourth-order valence-electron chi connectivity index (χ4n) is 4.03. The number of carbonyl (C=O) groups excluding carboxylic acids is 1. The lowest BCUT2D eigenvalue weighted by molar-refractivity contribution is -0.118. The molecule has 126 valence electrons. The predicted octanol–water partition coefficient (Wildman–Crippen LogP) is 2.43. The number of nitrogens with zero attached hydrogens (tertiary/aromatic N) is 2. The van der Waals surface area contributed by atoms with Crippen molar-refractivity contribution in [3.05, 3.63) is 18.3 Å². The number of nitrogens with one attached hydrogen (secondary N) is 2. The van der Waals surface area contributed by atoms with Crippen LogP contribution >= 0.6 is 12.4 Å². The molecule has 0 bridgehead atoms. The first kappa shape index (κ1) is 16.5. The third-order valence-electron chi connectivity index (χ3n) is 5.58. The first-order valence-corrected chi connectivity index (χ1v) is 8.49. The Kier molecular flexibility index (Phi) is 4.78. The van der Waals surface area contributed by atoms with Crippen molar-refractivity contribution in [2.24, 2.45) is 11.3 Å². The molecular weight excluding hydrogens is 312 g/mol. The summed E-state index contributed by atoms with van der Waals surface area (Å²) in [6.07, 6.45) is 7.72. The van der Waals surface area contributed by atoms with E-state index in [0.717, 1.165) is 51.1 Å². The minimum absolute atomic E-state index is 0. The number of aromatic nitrogens is 1. The van der Waals surface area contributed by atoms with Gasteiger partial charge in [0.05, 0.1) is 11.9 Å². The van der Waals surface area contributed by atoms with Crippen LogP contribution in [0.4, 0.5) is 11.5 Å². The van der Waals surface area contributed by atoms with E-state index in [1.807, 2.05) is 12.3 Å². The van der Waals surface area contributed by atoms with Gasteiger partial charge in [-0.15, -0.1) is 12.4 Å². The Morgan fingerprint density at radius 1 is 1.26 bits per heavy atom. The van der Waals surface area contributed by atoms with Gasteiger partial charge in [-0.05, 0) is 62.7 Å². The minimum Gasteiger partial charge on any atom is -0.370 e. The molecule has 1 aromatic rings. The maximum atomic E-state index is 12.4. The van der Waals surface area contributed by atoms with Crippen LogP contribution in [-0.2, 0) is 4.79 Å². The maximum Gasteiger partial charge on any atom is 0.229 e. The summed E-state index contributed by atoms with van der Waals surface area (Å²) in [5.74, 6) is 1.03. The van der Waals surface area contributed by atoms with Crippen molar-refractivity contribution < 1.29 is 4.79 Å². The van der Waals surface area contributed by atoms with Crippen molar-refractivity contribution >= 4 is 29.8 Å². The molecule has 5 nitrogen and oxygen atoms in total. The smallest absolute Gasteiger partial charge is 0.229 e. The van der Waals surface area contributed by atoms with Crippen molar-refractivity contribution in [2.75, 3.05) is 36.4 Å². The molecule has 2 N–H and O–H groups in total. The van der Waals surface area contributed by atoms with Crippen LogP contribution in [0.25, 0.3) is 0 Å². The molecule has 0 aromatic carbocycles. The number of hydrogen-bond donors (Lipinski definition) is 2. The molecule has 3 heterocycles. The highest BCUT2D eigenvalue weighted by Crippen LogP contribution is 2.58. The van der Waals surface area contributed by atoms with Gasteiger partial charge < -0.3 is 15.5 Å². The van der Waals surface area contributed by atoms with Crippen molar-refractivity contribution in [2.45, 2.75) is 32.1 Å². The zero-order valence-corrected chi connectivity index (χ0v) is 14.2. The van der Waals surface area contributed by atoms with Gasteiger partial charge in [0.25, 0.3) is 0 Å². The van der Waals surface area contributed by atoms with E-state index in [4.69, 9.17) is 0 Å². The lowest BCUT2D eigenvalue weighted by atomic mass is 9.92. The Hall–Kier alpha value is -1.33. The van der Waals surface area contributed by atoms with Crippen LogP contribution in [0.3, 0.4) is 0 Å². The third kappa shape index (κ3) is 3.31. The molecule has 6 heteroatoms. The van der Waals surface area contributed by atoms with E-state index in [9.17, 15) is 4.79 Å². The van der Waals surface area contributed by atoms with Gasteiger partial charge in [0, 0.05) is 19.0 Å². The van der Waals surface area contributed by atoms with Crippen molar-refractivity contribution in [1.82, 2.24) is 10.3 Å². The monoisotopic (exact) mass is 336 g/mol. The number of pyridine rings is 1. The first-order chi connectivity index (χ1) is 10.8. The Morgan fingerprint density at radius 3 is 2.65 bits per heavy atom. The largest absolute Gasteiger partial charge is 0.370 e. The number of piperidine rings is 1. The Labute approximate surface area is 143 Å². The van der Waals surface area contributed by atoms with Crippen LogP contribution in [0.15, 0.2) is 18.3 Å². The van der Waals surface area contributed by atoms with Gasteiger partial charge in [-0.1, -0.05) is 0 Å². The summed E-state index contributed by atoms with van der Waals surface area (Å²) in [4.78, 5) is 19.2. The molecule has 1 amide bonds. The summed E-state index contributed by atoms with van der Waals surface area (Å²) in [6, 6.07) is 4.00. The number of carbonyl (C=O) groups is 1. The fraction of sp³-hybridized carbons (Fsp3) is 0.647. The molecule has 1 unspecified atom stereocenters. The molecule has 2 saturated heterocycles. The van der Waals surface area contributed by atoms with Gasteiger partial charge in [-0.25, -0.2) is 4.98 Å². The standard InChI is InChI=1S/C17H24N4O.ClH/c22-16(14-11-17(14)5-7-18-8-6-17)20-15-4-3-13(12-19-15)21-9-1-2-10-21;/h3-4,12,14,18H,1-2,5-11H2,(H,19,20,22);1H. The molecule has 4 rings (SSSR count). The number of halogens is 1. The van der Waals surface area contributed by atoms with Gasteiger partial charge in [0.1, 0.15) is 5.82 Å². The maximum absolute atomic E-state index is 12.4. The highest BCUT2D eigenvalue weighted by atomic mass is 35.5.